The highest BCUT2D eigenvalue weighted by atomic mass is 14.1. The maximum Gasteiger partial charge on any atom is -0.0440 e. The normalized spacial score (nSPS) is 12.9. The minimum atomic E-state index is 0.876. The van der Waals surface area contributed by atoms with Gasteiger partial charge in [-0.3, -0.25) is 0 Å². The molecule has 1 unspecified atom stereocenters. The fourth-order valence-corrected chi connectivity index (χ4v) is 3.96. The van der Waals surface area contributed by atoms with E-state index >= 15 is 0 Å². The summed E-state index contributed by atoms with van der Waals surface area (Å²) in [6.45, 7) is 9.44. The summed E-state index contributed by atoms with van der Waals surface area (Å²) >= 11 is 0. The van der Waals surface area contributed by atoms with Gasteiger partial charge in [-0.15, -0.1) is 0 Å². The zero-order valence-electron chi connectivity index (χ0n) is 17.9. The molecule has 0 saturated heterocycles. The van der Waals surface area contributed by atoms with Crippen molar-refractivity contribution in [1.82, 2.24) is 0 Å². The van der Waals surface area contributed by atoms with E-state index in [4.69, 9.17) is 0 Å². The average Bonchev–Trinajstić information content (AvgIpc) is 2.53. The molecular formula is C24H50. The van der Waals surface area contributed by atoms with Gasteiger partial charge in [-0.2, -0.15) is 0 Å². The Morgan fingerprint density at radius 2 is 0.792 bits per heavy atom. The van der Waals surface area contributed by atoms with Gasteiger partial charge in [0.15, 0.2) is 0 Å². The lowest BCUT2D eigenvalue weighted by Gasteiger charge is -2.13. The fourth-order valence-electron chi connectivity index (χ4n) is 3.96. The summed E-state index contributed by atoms with van der Waals surface area (Å²) < 4.78 is 0. The van der Waals surface area contributed by atoms with Crippen LogP contribution in [0.25, 0.3) is 0 Å². The smallest absolute Gasteiger partial charge is 0.0440 e. The zero-order chi connectivity index (χ0) is 17.9. The van der Waals surface area contributed by atoms with Gasteiger partial charge in [0.05, 0.1) is 0 Å². The second kappa shape index (κ2) is 19.3. The van der Waals surface area contributed by atoms with Gasteiger partial charge in [0.25, 0.3) is 0 Å². The minimum Gasteiger partial charge on any atom is -0.0654 e. The quantitative estimate of drug-likeness (QED) is 0.206. The third-order valence-corrected chi connectivity index (χ3v) is 5.42. The lowest BCUT2D eigenvalue weighted by Crippen LogP contribution is -1.99. The average molecular weight is 339 g/mol. The van der Waals surface area contributed by atoms with Crippen LogP contribution in [0.2, 0.25) is 0 Å². The van der Waals surface area contributed by atoms with Crippen LogP contribution in [-0.2, 0) is 0 Å². The molecule has 0 aliphatic carbocycles. The van der Waals surface area contributed by atoms with Crippen molar-refractivity contribution >= 4 is 0 Å². The summed E-state index contributed by atoms with van der Waals surface area (Å²) in [6, 6.07) is 0. The van der Waals surface area contributed by atoms with Crippen LogP contribution in [0.5, 0.6) is 0 Å². The third-order valence-electron chi connectivity index (χ3n) is 5.42. The first-order chi connectivity index (χ1) is 11.7. The Kier molecular flexibility index (Phi) is 19.3. The first kappa shape index (κ1) is 24.0. The van der Waals surface area contributed by atoms with Gasteiger partial charge in [-0.05, 0) is 18.3 Å². The molecule has 0 aromatic carbocycles. The van der Waals surface area contributed by atoms with Crippen LogP contribution in [0.4, 0.5) is 0 Å². The molecule has 0 fully saturated rings. The molecule has 0 nitrogen and oxygen atoms in total. The highest BCUT2D eigenvalue weighted by Gasteiger charge is 2.04. The highest BCUT2D eigenvalue weighted by molar-refractivity contribution is 4.57. The highest BCUT2D eigenvalue weighted by Crippen LogP contribution is 2.19. The molecule has 0 aliphatic heterocycles. The monoisotopic (exact) mass is 338 g/mol. The van der Waals surface area contributed by atoms with Crippen LogP contribution in [0.15, 0.2) is 0 Å². The van der Waals surface area contributed by atoms with E-state index in [0.717, 1.165) is 11.8 Å². The molecule has 0 spiro atoms. The van der Waals surface area contributed by atoms with E-state index in [1.54, 1.807) is 0 Å². The number of hydrogen-bond donors (Lipinski definition) is 0. The molecule has 0 aromatic heterocycles. The molecule has 0 aliphatic rings. The standard InChI is InChI=1S/C24H50/c1-5-6-7-8-9-10-11-12-13-14-15-16-17-18-19-20-21-24(4)22-23(2)3/h23-24H,5-22H2,1-4H3. The maximum atomic E-state index is 2.44. The molecule has 0 bridgehead atoms. The van der Waals surface area contributed by atoms with Crippen molar-refractivity contribution in [3.63, 3.8) is 0 Å². The van der Waals surface area contributed by atoms with Crippen molar-refractivity contribution in [2.24, 2.45) is 11.8 Å². The third kappa shape index (κ3) is 20.0. The van der Waals surface area contributed by atoms with Crippen molar-refractivity contribution in [2.45, 2.75) is 143 Å². The van der Waals surface area contributed by atoms with Crippen molar-refractivity contribution in [3.05, 3.63) is 0 Å². The Morgan fingerprint density at radius 1 is 0.458 bits per heavy atom. The van der Waals surface area contributed by atoms with Gasteiger partial charge < -0.3 is 0 Å². The van der Waals surface area contributed by atoms with Crippen LogP contribution >= 0.6 is 0 Å². The van der Waals surface area contributed by atoms with Crippen LogP contribution in [0.3, 0.4) is 0 Å². The predicted octanol–water partition coefficient (Wildman–Crippen LogP) is 9.32. The Labute approximate surface area is 155 Å². The number of rotatable bonds is 19. The molecule has 0 rings (SSSR count). The van der Waals surface area contributed by atoms with E-state index in [1.807, 2.05) is 0 Å². The van der Waals surface area contributed by atoms with Crippen LogP contribution in [-0.4, -0.2) is 0 Å². The second-order valence-corrected chi connectivity index (χ2v) is 8.83. The minimum absolute atomic E-state index is 0.876. The Hall–Kier alpha value is 0. The second-order valence-electron chi connectivity index (χ2n) is 8.83. The van der Waals surface area contributed by atoms with E-state index in [0.29, 0.717) is 0 Å². The van der Waals surface area contributed by atoms with E-state index in [-0.39, 0.29) is 0 Å². The van der Waals surface area contributed by atoms with Crippen molar-refractivity contribution in [1.29, 1.82) is 0 Å². The van der Waals surface area contributed by atoms with E-state index < -0.39 is 0 Å². The van der Waals surface area contributed by atoms with Gasteiger partial charge in [0.2, 0.25) is 0 Å². The molecule has 0 radical (unpaired) electrons. The molecule has 0 heterocycles. The first-order valence-corrected chi connectivity index (χ1v) is 11.7. The number of unbranched alkanes of at least 4 members (excludes halogenated alkanes) is 15. The van der Waals surface area contributed by atoms with Gasteiger partial charge in [0, 0.05) is 0 Å². The maximum absolute atomic E-state index is 2.44. The lowest BCUT2D eigenvalue weighted by molar-refractivity contribution is 0.397. The fraction of sp³-hybridized carbons (Fsp3) is 1.00. The zero-order valence-corrected chi connectivity index (χ0v) is 17.9. The van der Waals surface area contributed by atoms with E-state index in [9.17, 15) is 0 Å². The van der Waals surface area contributed by atoms with E-state index in [1.165, 1.54) is 116 Å². The first-order valence-electron chi connectivity index (χ1n) is 11.7. The summed E-state index contributed by atoms with van der Waals surface area (Å²) in [5, 5.41) is 0. The molecule has 0 N–H and O–H groups in total. The van der Waals surface area contributed by atoms with Crippen LogP contribution in [0.1, 0.15) is 143 Å². The Morgan fingerprint density at radius 3 is 1.12 bits per heavy atom. The van der Waals surface area contributed by atoms with Crippen LogP contribution in [0, 0.1) is 11.8 Å². The molecule has 24 heavy (non-hydrogen) atoms. The lowest BCUT2D eigenvalue weighted by atomic mass is 9.93. The summed E-state index contributed by atoms with van der Waals surface area (Å²) in [5.41, 5.74) is 0. The van der Waals surface area contributed by atoms with Gasteiger partial charge in [-0.25, -0.2) is 0 Å². The largest absolute Gasteiger partial charge is 0.0654 e. The predicted molar refractivity (Wildman–Crippen MR) is 113 cm³/mol. The van der Waals surface area contributed by atoms with Crippen LogP contribution < -0.4 is 0 Å². The topological polar surface area (TPSA) is 0 Å². The van der Waals surface area contributed by atoms with E-state index in [2.05, 4.69) is 27.7 Å². The molecule has 146 valence electrons. The van der Waals surface area contributed by atoms with Gasteiger partial charge in [0.1, 0.15) is 0 Å². The Bertz CT molecular complexity index is 218. The van der Waals surface area contributed by atoms with Crippen molar-refractivity contribution in [3.8, 4) is 0 Å². The molecule has 1 atom stereocenters. The summed E-state index contributed by atoms with van der Waals surface area (Å²) in [4.78, 5) is 0. The Balaban J connectivity index is 3.05. The molecule has 0 saturated carbocycles. The summed E-state index contributed by atoms with van der Waals surface area (Å²) in [5.74, 6) is 1.82. The molecule has 0 heteroatoms. The van der Waals surface area contributed by atoms with Crippen molar-refractivity contribution in [2.75, 3.05) is 0 Å². The van der Waals surface area contributed by atoms with Gasteiger partial charge >= 0.3 is 0 Å². The molecular weight excluding hydrogens is 288 g/mol. The number of hydrogen-bond acceptors (Lipinski definition) is 0. The SMILES string of the molecule is CCCCCCCCCCCCCCCCCCC(C)CC(C)C. The summed E-state index contributed by atoms with van der Waals surface area (Å²) in [7, 11) is 0. The molecule has 0 amide bonds. The summed E-state index contributed by atoms with van der Waals surface area (Å²) in [6.07, 6.45) is 26.4. The molecule has 0 aromatic rings. The van der Waals surface area contributed by atoms with Crippen molar-refractivity contribution < 1.29 is 0 Å². The van der Waals surface area contributed by atoms with Gasteiger partial charge in [-0.1, -0.05) is 137 Å².